The normalized spacial score (nSPS) is 23.8. The number of aliphatic hydroxyl groups excluding tert-OH is 1. The molecule has 2 N–H and O–H groups in total. The molecule has 128 valence electrons. The van der Waals surface area contributed by atoms with Crippen molar-refractivity contribution in [3.8, 4) is 0 Å². The summed E-state index contributed by atoms with van der Waals surface area (Å²) in [4.78, 5) is 40.1. The van der Waals surface area contributed by atoms with E-state index in [-0.39, 0.29) is 24.3 Å². The summed E-state index contributed by atoms with van der Waals surface area (Å²) in [6, 6.07) is 5.87. The van der Waals surface area contributed by atoms with Gasteiger partial charge in [0, 0.05) is 18.7 Å². The van der Waals surface area contributed by atoms with Crippen LogP contribution in [0.1, 0.15) is 22.8 Å². The van der Waals surface area contributed by atoms with Crippen molar-refractivity contribution in [1.82, 2.24) is 15.1 Å². The van der Waals surface area contributed by atoms with E-state index in [0.717, 1.165) is 12.0 Å². The maximum atomic E-state index is 12.6. The largest absolute Gasteiger partial charge is 0.394 e. The van der Waals surface area contributed by atoms with Gasteiger partial charge in [0.2, 0.25) is 11.8 Å². The molecule has 3 amide bonds. The van der Waals surface area contributed by atoms with E-state index in [1.54, 1.807) is 17.0 Å². The topological polar surface area (TPSA) is 90.0 Å². The van der Waals surface area contributed by atoms with Crippen molar-refractivity contribution in [3.63, 3.8) is 0 Å². The molecule has 0 bridgehead atoms. The monoisotopic (exact) mass is 331 g/mol. The Kier molecular flexibility index (Phi) is 4.53. The van der Waals surface area contributed by atoms with Crippen LogP contribution in [0.3, 0.4) is 0 Å². The van der Waals surface area contributed by atoms with Gasteiger partial charge in [0.1, 0.15) is 12.1 Å². The van der Waals surface area contributed by atoms with Crippen LogP contribution >= 0.6 is 0 Å². The average molecular weight is 331 g/mol. The minimum absolute atomic E-state index is 0.137. The van der Waals surface area contributed by atoms with Crippen molar-refractivity contribution >= 4 is 17.7 Å². The van der Waals surface area contributed by atoms with Gasteiger partial charge in [0.25, 0.3) is 5.91 Å². The van der Waals surface area contributed by atoms with Crippen LogP contribution in [-0.4, -0.2) is 71.0 Å². The third kappa shape index (κ3) is 2.87. The standard InChI is InChI=1S/C17H21N3O4/c1-2-11-3-5-12(6-4-11)16(23)19-7-8-20-14(9-19)15(22)18-13(10-21)17(20)24/h3-6,13-14,21H,2,7-10H2,1H3,(H,18,22)/t13-,14-/m1/s1. The highest BCUT2D eigenvalue weighted by atomic mass is 16.3. The minimum atomic E-state index is -0.877. The minimum Gasteiger partial charge on any atom is -0.394 e. The molecule has 2 heterocycles. The lowest BCUT2D eigenvalue weighted by Gasteiger charge is -2.44. The first-order valence-electron chi connectivity index (χ1n) is 8.15. The molecule has 7 nitrogen and oxygen atoms in total. The summed E-state index contributed by atoms with van der Waals surface area (Å²) in [5, 5.41) is 11.7. The van der Waals surface area contributed by atoms with Crippen molar-refractivity contribution in [3.05, 3.63) is 35.4 Å². The van der Waals surface area contributed by atoms with Crippen LogP contribution in [-0.2, 0) is 16.0 Å². The first kappa shape index (κ1) is 16.4. The number of hydrogen-bond donors (Lipinski definition) is 2. The Labute approximate surface area is 140 Å². The van der Waals surface area contributed by atoms with E-state index in [1.807, 2.05) is 19.1 Å². The predicted octanol–water partition coefficient (Wildman–Crippen LogP) is -0.607. The van der Waals surface area contributed by atoms with Gasteiger partial charge in [-0.2, -0.15) is 0 Å². The highest BCUT2D eigenvalue weighted by Crippen LogP contribution is 2.18. The summed E-state index contributed by atoms with van der Waals surface area (Å²) in [6.45, 7) is 2.48. The van der Waals surface area contributed by atoms with Crippen LogP contribution in [0, 0.1) is 0 Å². The summed E-state index contributed by atoms with van der Waals surface area (Å²) in [5.74, 6) is -0.754. The molecule has 2 fully saturated rings. The Balaban J connectivity index is 1.73. The molecule has 0 radical (unpaired) electrons. The molecule has 1 aromatic carbocycles. The lowest BCUT2D eigenvalue weighted by molar-refractivity contribution is -0.153. The number of nitrogens with one attached hydrogen (secondary N) is 1. The van der Waals surface area contributed by atoms with Gasteiger partial charge >= 0.3 is 0 Å². The third-order valence-electron chi connectivity index (χ3n) is 4.66. The van der Waals surface area contributed by atoms with Crippen molar-refractivity contribution in [2.24, 2.45) is 0 Å². The SMILES string of the molecule is CCc1ccc(C(=O)N2CCN3C(=O)[C@@H](CO)NC(=O)[C@H]3C2)cc1. The van der Waals surface area contributed by atoms with Crippen LogP contribution in [0.25, 0.3) is 0 Å². The number of fused-ring (bicyclic) bond motifs is 1. The number of benzene rings is 1. The van der Waals surface area contributed by atoms with E-state index in [4.69, 9.17) is 0 Å². The van der Waals surface area contributed by atoms with Gasteiger partial charge in [-0.1, -0.05) is 19.1 Å². The second-order valence-electron chi connectivity index (χ2n) is 6.09. The van der Waals surface area contributed by atoms with Crippen molar-refractivity contribution in [2.75, 3.05) is 26.2 Å². The molecule has 2 aliphatic rings. The number of carbonyl (C=O) groups is 3. The van der Waals surface area contributed by atoms with Gasteiger partial charge in [-0.15, -0.1) is 0 Å². The third-order valence-corrected chi connectivity index (χ3v) is 4.66. The summed E-state index contributed by atoms with van der Waals surface area (Å²) in [7, 11) is 0. The van der Waals surface area contributed by atoms with Crippen molar-refractivity contribution in [2.45, 2.75) is 25.4 Å². The molecule has 0 spiro atoms. The molecule has 1 aromatic rings. The second-order valence-corrected chi connectivity index (χ2v) is 6.09. The molecule has 24 heavy (non-hydrogen) atoms. The fraction of sp³-hybridized carbons (Fsp3) is 0.471. The number of aliphatic hydroxyl groups is 1. The Morgan fingerprint density at radius 3 is 2.58 bits per heavy atom. The first-order chi connectivity index (χ1) is 11.5. The molecule has 0 unspecified atom stereocenters. The number of nitrogens with zero attached hydrogens (tertiary/aromatic N) is 2. The van der Waals surface area contributed by atoms with Gasteiger partial charge < -0.3 is 20.2 Å². The summed E-state index contributed by atoms with van der Waals surface area (Å²) in [5.41, 5.74) is 1.74. The zero-order valence-electron chi connectivity index (χ0n) is 13.6. The molecule has 0 aromatic heterocycles. The molecular formula is C17H21N3O4. The molecule has 2 saturated heterocycles. The molecule has 0 saturated carbocycles. The lowest BCUT2D eigenvalue weighted by atomic mass is 10.0. The highest BCUT2D eigenvalue weighted by molar-refractivity contribution is 5.99. The quantitative estimate of drug-likeness (QED) is 0.773. The molecular weight excluding hydrogens is 310 g/mol. The van der Waals surface area contributed by atoms with Crippen LogP contribution in [0.15, 0.2) is 24.3 Å². The van der Waals surface area contributed by atoms with E-state index >= 15 is 0 Å². The Hall–Kier alpha value is -2.41. The maximum Gasteiger partial charge on any atom is 0.253 e. The van der Waals surface area contributed by atoms with E-state index in [1.165, 1.54) is 4.90 Å². The molecule has 3 rings (SSSR count). The zero-order valence-corrected chi connectivity index (χ0v) is 13.6. The summed E-state index contributed by atoms with van der Waals surface area (Å²) >= 11 is 0. The maximum absolute atomic E-state index is 12.6. The van der Waals surface area contributed by atoms with Gasteiger partial charge in [-0.25, -0.2) is 0 Å². The van der Waals surface area contributed by atoms with Crippen LogP contribution < -0.4 is 5.32 Å². The van der Waals surface area contributed by atoms with Crippen molar-refractivity contribution in [1.29, 1.82) is 0 Å². The number of aryl methyl sites for hydroxylation is 1. The van der Waals surface area contributed by atoms with E-state index in [9.17, 15) is 19.5 Å². The number of amides is 3. The van der Waals surface area contributed by atoms with Gasteiger partial charge in [-0.3, -0.25) is 14.4 Å². The number of piperazine rings is 2. The summed E-state index contributed by atoms with van der Waals surface area (Å²) in [6.07, 6.45) is 0.906. The fourth-order valence-corrected chi connectivity index (χ4v) is 3.17. The average Bonchev–Trinajstić information content (AvgIpc) is 2.63. The molecule has 2 atom stereocenters. The van der Waals surface area contributed by atoms with Crippen LogP contribution in [0.4, 0.5) is 0 Å². The lowest BCUT2D eigenvalue weighted by Crippen LogP contribution is -2.70. The van der Waals surface area contributed by atoms with Gasteiger partial charge in [0.15, 0.2) is 0 Å². The smallest absolute Gasteiger partial charge is 0.253 e. The van der Waals surface area contributed by atoms with Gasteiger partial charge in [0.05, 0.1) is 13.2 Å². The Morgan fingerprint density at radius 1 is 1.25 bits per heavy atom. The highest BCUT2D eigenvalue weighted by Gasteiger charge is 2.44. The summed E-state index contributed by atoms with van der Waals surface area (Å²) < 4.78 is 0. The van der Waals surface area contributed by atoms with E-state index in [2.05, 4.69) is 5.32 Å². The first-order valence-corrected chi connectivity index (χ1v) is 8.15. The Bertz CT molecular complexity index is 658. The van der Waals surface area contributed by atoms with Crippen LogP contribution in [0.2, 0.25) is 0 Å². The van der Waals surface area contributed by atoms with Gasteiger partial charge in [-0.05, 0) is 24.1 Å². The predicted molar refractivity (Wildman–Crippen MR) is 86.2 cm³/mol. The van der Waals surface area contributed by atoms with E-state index in [0.29, 0.717) is 18.7 Å². The molecule has 7 heteroatoms. The number of hydrogen-bond acceptors (Lipinski definition) is 4. The molecule has 0 aliphatic carbocycles. The fourth-order valence-electron chi connectivity index (χ4n) is 3.17. The van der Waals surface area contributed by atoms with Crippen molar-refractivity contribution < 1.29 is 19.5 Å². The second kappa shape index (κ2) is 6.60. The van der Waals surface area contributed by atoms with Crippen LogP contribution in [0.5, 0.6) is 0 Å². The molecule has 2 aliphatic heterocycles. The Morgan fingerprint density at radius 2 is 1.96 bits per heavy atom. The number of rotatable bonds is 3. The zero-order chi connectivity index (χ0) is 17.3. The van der Waals surface area contributed by atoms with E-state index < -0.39 is 18.7 Å². The number of carbonyl (C=O) groups excluding carboxylic acids is 3.